The molecular formula is C18H25N3O4. The Kier molecular flexibility index (Phi) is 5.66. The molecule has 0 aliphatic carbocycles. The van der Waals surface area contributed by atoms with Crippen LogP contribution in [0.15, 0.2) is 24.3 Å². The first-order valence-electron chi connectivity index (χ1n) is 8.26. The lowest BCUT2D eigenvalue weighted by molar-refractivity contribution is -0.149. The van der Waals surface area contributed by atoms with E-state index >= 15 is 0 Å². The van der Waals surface area contributed by atoms with Gasteiger partial charge in [-0.25, -0.2) is 0 Å². The van der Waals surface area contributed by atoms with Gasteiger partial charge in [0.2, 0.25) is 17.7 Å². The molecule has 1 aromatic rings. The standard InChI is InChI=1S/C18H25N3O4/c1-13(22)20-8-10-21(11-9-20)17(24)18(2,3)16(23)19-14-6-5-7-15(12-14)25-4/h5-7,12H,8-11H2,1-4H3,(H,19,23). The van der Waals surface area contributed by atoms with E-state index in [4.69, 9.17) is 4.74 Å². The van der Waals surface area contributed by atoms with Crippen LogP contribution in [0.1, 0.15) is 20.8 Å². The molecule has 0 spiro atoms. The lowest BCUT2D eigenvalue weighted by atomic mass is 9.89. The molecule has 0 saturated carbocycles. The van der Waals surface area contributed by atoms with Gasteiger partial charge in [-0.05, 0) is 26.0 Å². The maximum absolute atomic E-state index is 12.8. The number of anilines is 1. The smallest absolute Gasteiger partial charge is 0.239 e. The minimum Gasteiger partial charge on any atom is -0.497 e. The van der Waals surface area contributed by atoms with E-state index in [0.29, 0.717) is 37.6 Å². The average Bonchev–Trinajstić information content (AvgIpc) is 2.61. The summed E-state index contributed by atoms with van der Waals surface area (Å²) in [4.78, 5) is 40.1. The predicted molar refractivity (Wildman–Crippen MR) is 94.2 cm³/mol. The summed E-state index contributed by atoms with van der Waals surface area (Å²) in [5, 5.41) is 2.77. The SMILES string of the molecule is COc1cccc(NC(=O)C(C)(C)C(=O)N2CCN(C(C)=O)CC2)c1. The van der Waals surface area contributed by atoms with E-state index in [2.05, 4.69) is 5.32 Å². The Morgan fingerprint density at radius 3 is 2.24 bits per heavy atom. The van der Waals surface area contributed by atoms with E-state index in [1.807, 2.05) is 0 Å². The minimum absolute atomic E-state index is 0.00197. The quantitative estimate of drug-likeness (QED) is 0.834. The van der Waals surface area contributed by atoms with Crippen molar-refractivity contribution in [2.24, 2.45) is 5.41 Å². The number of benzene rings is 1. The highest BCUT2D eigenvalue weighted by Gasteiger charge is 2.40. The highest BCUT2D eigenvalue weighted by atomic mass is 16.5. The highest BCUT2D eigenvalue weighted by Crippen LogP contribution is 2.24. The second kappa shape index (κ2) is 7.55. The Hall–Kier alpha value is -2.57. The second-order valence-electron chi connectivity index (χ2n) is 6.61. The number of hydrogen-bond acceptors (Lipinski definition) is 4. The molecule has 0 unspecified atom stereocenters. The van der Waals surface area contributed by atoms with Crippen LogP contribution >= 0.6 is 0 Å². The molecule has 25 heavy (non-hydrogen) atoms. The van der Waals surface area contributed by atoms with Crippen molar-refractivity contribution >= 4 is 23.4 Å². The van der Waals surface area contributed by atoms with Crippen LogP contribution in [-0.2, 0) is 14.4 Å². The van der Waals surface area contributed by atoms with Gasteiger partial charge in [0.05, 0.1) is 7.11 Å². The third-order valence-corrected chi connectivity index (χ3v) is 4.44. The van der Waals surface area contributed by atoms with Crippen LogP contribution in [0.5, 0.6) is 5.75 Å². The molecule has 1 aliphatic heterocycles. The molecule has 0 bridgehead atoms. The average molecular weight is 347 g/mol. The number of carbonyl (C=O) groups is 3. The van der Waals surface area contributed by atoms with Crippen LogP contribution in [0.25, 0.3) is 0 Å². The summed E-state index contributed by atoms with van der Waals surface area (Å²) in [7, 11) is 1.55. The number of ether oxygens (including phenoxy) is 1. The van der Waals surface area contributed by atoms with E-state index < -0.39 is 5.41 Å². The molecule has 0 atom stereocenters. The van der Waals surface area contributed by atoms with Gasteiger partial charge < -0.3 is 19.9 Å². The Bertz CT molecular complexity index is 664. The van der Waals surface area contributed by atoms with Crippen LogP contribution in [0.2, 0.25) is 0 Å². The topological polar surface area (TPSA) is 79.0 Å². The van der Waals surface area contributed by atoms with Gasteiger partial charge in [0.25, 0.3) is 0 Å². The van der Waals surface area contributed by atoms with Crippen molar-refractivity contribution in [3.63, 3.8) is 0 Å². The van der Waals surface area contributed by atoms with Crippen LogP contribution in [0.3, 0.4) is 0 Å². The first kappa shape index (κ1) is 18.8. The Morgan fingerprint density at radius 1 is 1.08 bits per heavy atom. The number of hydrogen-bond donors (Lipinski definition) is 1. The number of methoxy groups -OCH3 is 1. The van der Waals surface area contributed by atoms with Gasteiger partial charge in [0.15, 0.2) is 0 Å². The van der Waals surface area contributed by atoms with Crippen LogP contribution in [0, 0.1) is 5.41 Å². The first-order chi connectivity index (χ1) is 11.8. The minimum atomic E-state index is -1.21. The predicted octanol–water partition coefficient (Wildman–Crippen LogP) is 1.35. The molecule has 0 aromatic heterocycles. The van der Waals surface area contributed by atoms with E-state index in [1.165, 1.54) is 6.92 Å². The summed E-state index contributed by atoms with van der Waals surface area (Å²) in [5.74, 6) is 0.0141. The lowest BCUT2D eigenvalue weighted by Crippen LogP contribution is -2.55. The van der Waals surface area contributed by atoms with Crippen LogP contribution in [-0.4, -0.2) is 60.8 Å². The molecule has 0 radical (unpaired) electrons. The fourth-order valence-electron chi connectivity index (χ4n) is 2.71. The first-order valence-corrected chi connectivity index (χ1v) is 8.26. The maximum atomic E-state index is 12.8. The molecular weight excluding hydrogens is 322 g/mol. The summed E-state index contributed by atoms with van der Waals surface area (Å²) in [6.45, 7) is 6.61. The monoisotopic (exact) mass is 347 g/mol. The number of rotatable bonds is 4. The zero-order valence-corrected chi connectivity index (χ0v) is 15.2. The Morgan fingerprint density at radius 2 is 1.68 bits per heavy atom. The van der Waals surface area contributed by atoms with Gasteiger partial charge in [-0.2, -0.15) is 0 Å². The summed E-state index contributed by atoms with van der Waals surface area (Å²) < 4.78 is 5.14. The number of amides is 3. The summed E-state index contributed by atoms with van der Waals surface area (Å²) in [5.41, 5.74) is -0.631. The van der Waals surface area contributed by atoms with Crippen molar-refractivity contribution in [2.75, 3.05) is 38.6 Å². The van der Waals surface area contributed by atoms with Crippen LogP contribution in [0.4, 0.5) is 5.69 Å². The molecule has 1 fully saturated rings. The Balaban J connectivity index is 2.02. The third kappa shape index (κ3) is 4.29. The van der Waals surface area contributed by atoms with Gasteiger partial charge in [0, 0.05) is 44.9 Å². The molecule has 3 amide bonds. The number of piperazine rings is 1. The Labute approximate surface area is 147 Å². The molecule has 1 heterocycles. The van der Waals surface area contributed by atoms with Crippen molar-refractivity contribution in [1.82, 2.24) is 9.80 Å². The molecule has 2 rings (SSSR count). The van der Waals surface area contributed by atoms with Gasteiger partial charge in [-0.3, -0.25) is 14.4 Å². The fourth-order valence-corrected chi connectivity index (χ4v) is 2.71. The fraction of sp³-hybridized carbons (Fsp3) is 0.500. The van der Waals surface area contributed by atoms with Crippen molar-refractivity contribution in [3.8, 4) is 5.75 Å². The molecule has 1 aliphatic rings. The van der Waals surface area contributed by atoms with E-state index in [0.717, 1.165) is 0 Å². The van der Waals surface area contributed by atoms with E-state index in [-0.39, 0.29) is 17.7 Å². The number of nitrogens with one attached hydrogen (secondary N) is 1. The molecule has 7 nitrogen and oxygen atoms in total. The maximum Gasteiger partial charge on any atom is 0.239 e. The molecule has 1 aromatic carbocycles. The largest absolute Gasteiger partial charge is 0.497 e. The van der Waals surface area contributed by atoms with Crippen molar-refractivity contribution in [2.45, 2.75) is 20.8 Å². The van der Waals surface area contributed by atoms with Gasteiger partial charge in [0.1, 0.15) is 11.2 Å². The summed E-state index contributed by atoms with van der Waals surface area (Å²) >= 11 is 0. The normalized spacial score (nSPS) is 14.9. The number of carbonyl (C=O) groups excluding carboxylic acids is 3. The number of nitrogens with zero attached hydrogens (tertiary/aromatic N) is 2. The van der Waals surface area contributed by atoms with E-state index in [1.54, 1.807) is 55.0 Å². The summed E-state index contributed by atoms with van der Waals surface area (Å²) in [6, 6.07) is 6.99. The van der Waals surface area contributed by atoms with Crippen molar-refractivity contribution in [3.05, 3.63) is 24.3 Å². The zero-order chi connectivity index (χ0) is 18.6. The van der Waals surface area contributed by atoms with Crippen molar-refractivity contribution in [1.29, 1.82) is 0 Å². The van der Waals surface area contributed by atoms with Crippen LogP contribution < -0.4 is 10.1 Å². The third-order valence-electron chi connectivity index (χ3n) is 4.44. The summed E-state index contributed by atoms with van der Waals surface area (Å²) in [6.07, 6.45) is 0. The lowest BCUT2D eigenvalue weighted by Gasteiger charge is -2.37. The zero-order valence-electron chi connectivity index (χ0n) is 15.2. The highest BCUT2D eigenvalue weighted by molar-refractivity contribution is 6.09. The van der Waals surface area contributed by atoms with Gasteiger partial charge >= 0.3 is 0 Å². The second-order valence-corrected chi connectivity index (χ2v) is 6.61. The van der Waals surface area contributed by atoms with E-state index in [9.17, 15) is 14.4 Å². The molecule has 1 saturated heterocycles. The van der Waals surface area contributed by atoms with Crippen molar-refractivity contribution < 1.29 is 19.1 Å². The molecule has 7 heteroatoms. The molecule has 1 N–H and O–H groups in total. The van der Waals surface area contributed by atoms with Gasteiger partial charge in [-0.1, -0.05) is 6.07 Å². The molecule has 136 valence electrons. The van der Waals surface area contributed by atoms with Gasteiger partial charge in [-0.15, -0.1) is 0 Å².